The minimum atomic E-state index is -0.857. The quantitative estimate of drug-likeness (QED) is 0.840. The molecule has 1 aromatic carbocycles. The summed E-state index contributed by atoms with van der Waals surface area (Å²) in [4.78, 5) is 23.0. The lowest BCUT2D eigenvalue weighted by molar-refractivity contribution is -0.140. The highest BCUT2D eigenvalue weighted by molar-refractivity contribution is 9.10. The molecule has 1 aromatic rings. The van der Waals surface area contributed by atoms with Crippen molar-refractivity contribution in [2.45, 2.75) is 19.4 Å². The standard InChI is InChI=1S/C14H14BrNO3/c1-8-3-2-4-11(12(8)15)13(17)16-10-6-5-9(7-10)14(18)19/h2-6,9-10H,7H2,1H3,(H,16,17)(H,18,19). The van der Waals surface area contributed by atoms with E-state index in [1.54, 1.807) is 18.2 Å². The summed E-state index contributed by atoms with van der Waals surface area (Å²) >= 11 is 3.39. The molecule has 1 aliphatic carbocycles. The summed E-state index contributed by atoms with van der Waals surface area (Å²) < 4.78 is 0.768. The first-order chi connectivity index (χ1) is 8.99. The molecule has 0 heterocycles. The fraction of sp³-hybridized carbons (Fsp3) is 0.286. The minimum absolute atomic E-state index is 0.198. The van der Waals surface area contributed by atoms with Crippen molar-refractivity contribution in [1.29, 1.82) is 0 Å². The predicted octanol–water partition coefficient (Wildman–Crippen LogP) is 2.52. The third-order valence-electron chi connectivity index (χ3n) is 3.15. The monoisotopic (exact) mass is 323 g/mol. The highest BCUT2D eigenvalue weighted by atomic mass is 79.9. The number of carbonyl (C=O) groups is 2. The predicted molar refractivity (Wildman–Crippen MR) is 75.0 cm³/mol. The van der Waals surface area contributed by atoms with Gasteiger partial charge in [0.25, 0.3) is 5.91 Å². The second-order valence-electron chi connectivity index (χ2n) is 4.58. The van der Waals surface area contributed by atoms with E-state index in [1.807, 2.05) is 19.1 Å². The van der Waals surface area contributed by atoms with Crippen molar-refractivity contribution >= 4 is 27.8 Å². The number of aryl methyl sites for hydroxylation is 1. The largest absolute Gasteiger partial charge is 0.481 e. The fourth-order valence-electron chi connectivity index (χ4n) is 2.06. The van der Waals surface area contributed by atoms with Crippen molar-refractivity contribution in [2.24, 2.45) is 5.92 Å². The summed E-state index contributed by atoms with van der Waals surface area (Å²) in [5.41, 5.74) is 1.55. The average molecular weight is 324 g/mol. The number of carboxylic acid groups (broad SMARTS) is 1. The normalized spacial score (nSPS) is 21.4. The van der Waals surface area contributed by atoms with Crippen LogP contribution in [-0.4, -0.2) is 23.0 Å². The molecule has 0 aliphatic heterocycles. The summed E-state index contributed by atoms with van der Waals surface area (Å²) in [6.45, 7) is 1.91. The summed E-state index contributed by atoms with van der Waals surface area (Å²) in [5, 5.41) is 11.7. The van der Waals surface area contributed by atoms with Gasteiger partial charge in [-0.25, -0.2) is 0 Å². The van der Waals surface area contributed by atoms with Gasteiger partial charge >= 0.3 is 5.97 Å². The van der Waals surface area contributed by atoms with Gasteiger partial charge in [0.1, 0.15) is 0 Å². The third-order valence-corrected chi connectivity index (χ3v) is 4.21. The Bertz CT molecular complexity index is 554. The van der Waals surface area contributed by atoms with E-state index in [4.69, 9.17) is 5.11 Å². The number of nitrogens with one attached hydrogen (secondary N) is 1. The number of aliphatic carboxylic acids is 1. The molecule has 2 N–H and O–H groups in total. The van der Waals surface area contributed by atoms with Gasteiger partial charge in [0.2, 0.25) is 0 Å². The van der Waals surface area contributed by atoms with Crippen molar-refractivity contribution in [2.75, 3.05) is 0 Å². The van der Waals surface area contributed by atoms with E-state index < -0.39 is 11.9 Å². The van der Waals surface area contributed by atoms with Crippen LogP contribution in [0.15, 0.2) is 34.8 Å². The van der Waals surface area contributed by atoms with Crippen molar-refractivity contribution in [3.05, 3.63) is 46.0 Å². The van der Waals surface area contributed by atoms with E-state index in [9.17, 15) is 9.59 Å². The van der Waals surface area contributed by atoms with Gasteiger partial charge in [-0.05, 0) is 40.9 Å². The second kappa shape index (κ2) is 5.57. The first-order valence-electron chi connectivity index (χ1n) is 5.96. The number of benzene rings is 1. The molecule has 2 rings (SSSR count). The zero-order chi connectivity index (χ0) is 14.0. The Morgan fingerprint density at radius 2 is 2.11 bits per heavy atom. The molecular weight excluding hydrogens is 310 g/mol. The van der Waals surface area contributed by atoms with Gasteiger partial charge in [-0.2, -0.15) is 0 Å². The van der Waals surface area contributed by atoms with Crippen LogP contribution in [0.1, 0.15) is 22.3 Å². The molecule has 0 spiro atoms. The first-order valence-corrected chi connectivity index (χ1v) is 6.75. The molecule has 0 fully saturated rings. The van der Waals surface area contributed by atoms with Gasteiger partial charge in [0.15, 0.2) is 0 Å². The molecule has 19 heavy (non-hydrogen) atoms. The SMILES string of the molecule is Cc1cccc(C(=O)NC2C=CC(C(=O)O)C2)c1Br. The van der Waals surface area contributed by atoms with E-state index >= 15 is 0 Å². The van der Waals surface area contributed by atoms with Crippen molar-refractivity contribution < 1.29 is 14.7 Å². The summed E-state index contributed by atoms with van der Waals surface area (Å²) in [7, 11) is 0. The van der Waals surface area contributed by atoms with Gasteiger partial charge in [-0.3, -0.25) is 9.59 Å². The lowest BCUT2D eigenvalue weighted by atomic mass is 10.1. The van der Waals surface area contributed by atoms with Crippen LogP contribution in [-0.2, 0) is 4.79 Å². The smallest absolute Gasteiger partial charge is 0.310 e. The zero-order valence-corrected chi connectivity index (χ0v) is 12.0. The maximum Gasteiger partial charge on any atom is 0.310 e. The van der Waals surface area contributed by atoms with Crippen LogP contribution in [0.3, 0.4) is 0 Å². The summed E-state index contributed by atoms with van der Waals surface area (Å²) in [5.74, 6) is -1.56. The molecule has 100 valence electrons. The second-order valence-corrected chi connectivity index (χ2v) is 5.37. The Hall–Kier alpha value is -1.62. The van der Waals surface area contributed by atoms with Crippen LogP contribution in [0, 0.1) is 12.8 Å². The summed E-state index contributed by atoms with van der Waals surface area (Å²) in [6, 6.07) is 5.25. The molecule has 4 nitrogen and oxygen atoms in total. The Balaban J connectivity index is 2.05. The average Bonchev–Trinajstić information content (AvgIpc) is 2.81. The third kappa shape index (κ3) is 3.04. The lowest BCUT2D eigenvalue weighted by Gasteiger charge is -2.13. The number of halogens is 1. The number of carboxylic acids is 1. The van der Waals surface area contributed by atoms with E-state index in [1.165, 1.54) is 0 Å². The van der Waals surface area contributed by atoms with E-state index in [0.29, 0.717) is 12.0 Å². The van der Waals surface area contributed by atoms with Gasteiger partial charge in [0.05, 0.1) is 11.5 Å². The Morgan fingerprint density at radius 1 is 1.37 bits per heavy atom. The van der Waals surface area contributed by atoms with Crippen LogP contribution in [0.25, 0.3) is 0 Å². The zero-order valence-electron chi connectivity index (χ0n) is 10.4. The van der Waals surface area contributed by atoms with Gasteiger partial charge in [-0.15, -0.1) is 0 Å². The van der Waals surface area contributed by atoms with E-state index in [-0.39, 0.29) is 11.9 Å². The molecule has 0 aromatic heterocycles. The number of rotatable bonds is 3. The van der Waals surface area contributed by atoms with Gasteiger partial charge < -0.3 is 10.4 Å². The van der Waals surface area contributed by atoms with Crippen LogP contribution < -0.4 is 5.32 Å². The molecule has 0 saturated heterocycles. The highest BCUT2D eigenvalue weighted by Gasteiger charge is 2.26. The maximum absolute atomic E-state index is 12.1. The molecule has 2 unspecified atom stereocenters. The molecule has 1 amide bonds. The molecule has 0 saturated carbocycles. The van der Waals surface area contributed by atoms with Gasteiger partial charge in [0, 0.05) is 10.5 Å². The van der Waals surface area contributed by atoms with Crippen LogP contribution in [0.2, 0.25) is 0 Å². The van der Waals surface area contributed by atoms with Crippen molar-refractivity contribution in [1.82, 2.24) is 5.32 Å². The molecule has 0 radical (unpaired) electrons. The van der Waals surface area contributed by atoms with Gasteiger partial charge in [-0.1, -0.05) is 24.3 Å². The molecule has 2 atom stereocenters. The first kappa shape index (κ1) is 13.8. The highest BCUT2D eigenvalue weighted by Crippen LogP contribution is 2.22. The number of hydrogen-bond acceptors (Lipinski definition) is 2. The number of hydrogen-bond donors (Lipinski definition) is 2. The Morgan fingerprint density at radius 3 is 2.74 bits per heavy atom. The molecule has 1 aliphatic rings. The molecular formula is C14H14BrNO3. The van der Waals surface area contributed by atoms with Crippen molar-refractivity contribution in [3.63, 3.8) is 0 Å². The molecule has 0 bridgehead atoms. The molecule has 5 heteroatoms. The topological polar surface area (TPSA) is 66.4 Å². The number of carbonyl (C=O) groups excluding carboxylic acids is 1. The Kier molecular flexibility index (Phi) is 4.04. The van der Waals surface area contributed by atoms with Crippen molar-refractivity contribution in [3.8, 4) is 0 Å². The van der Waals surface area contributed by atoms with Crippen LogP contribution in [0.4, 0.5) is 0 Å². The Labute approximate surface area is 119 Å². The minimum Gasteiger partial charge on any atom is -0.481 e. The van der Waals surface area contributed by atoms with E-state index in [0.717, 1.165) is 10.0 Å². The van der Waals surface area contributed by atoms with E-state index in [2.05, 4.69) is 21.2 Å². The summed E-state index contributed by atoms with van der Waals surface area (Å²) in [6.07, 6.45) is 3.77. The maximum atomic E-state index is 12.1. The van der Waals surface area contributed by atoms with Crippen LogP contribution in [0.5, 0.6) is 0 Å². The van der Waals surface area contributed by atoms with Crippen LogP contribution >= 0.6 is 15.9 Å². The fourth-order valence-corrected chi connectivity index (χ4v) is 2.50. The lowest BCUT2D eigenvalue weighted by Crippen LogP contribution is -2.33. The number of amides is 1.